The Labute approximate surface area is 160 Å². The topological polar surface area (TPSA) is 60.0 Å². The van der Waals surface area contributed by atoms with Crippen LogP contribution in [0.3, 0.4) is 0 Å². The molecule has 144 valence electrons. The minimum atomic E-state index is 0.172. The van der Waals surface area contributed by atoms with E-state index in [9.17, 15) is 4.79 Å². The predicted octanol–water partition coefficient (Wildman–Crippen LogP) is 1.71. The van der Waals surface area contributed by atoms with Crippen molar-refractivity contribution in [3.8, 4) is 0 Å². The number of rotatable bonds is 7. The first-order valence-corrected chi connectivity index (χ1v) is 10.6. The van der Waals surface area contributed by atoms with Crippen molar-refractivity contribution in [3.63, 3.8) is 0 Å². The highest BCUT2D eigenvalue weighted by Crippen LogP contribution is 2.21. The van der Waals surface area contributed by atoms with Crippen molar-refractivity contribution < 1.29 is 4.79 Å². The zero-order valence-corrected chi connectivity index (χ0v) is 16.7. The van der Waals surface area contributed by atoms with E-state index in [1.807, 2.05) is 0 Å². The molecule has 2 aliphatic rings. The molecule has 3 rings (SSSR count). The minimum Gasteiger partial charge on any atom is -0.357 e. The van der Waals surface area contributed by atoms with E-state index < -0.39 is 0 Å². The third-order valence-corrected chi connectivity index (χ3v) is 5.96. The molecule has 1 aromatic heterocycles. The fourth-order valence-corrected chi connectivity index (χ4v) is 3.91. The minimum absolute atomic E-state index is 0.172. The van der Waals surface area contributed by atoms with Gasteiger partial charge in [0.1, 0.15) is 0 Å². The zero-order chi connectivity index (χ0) is 18.4. The van der Waals surface area contributed by atoms with Crippen molar-refractivity contribution in [1.82, 2.24) is 20.4 Å². The van der Waals surface area contributed by atoms with E-state index in [2.05, 4.69) is 51.8 Å². The molecule has 6 nitrogen and oxygen atoms in total. The summed E-state index contributed by atoms with van der Waals surface area (Å²) in [7, 11) is 0. The van der Waals surface area contributed by atoms with Gasteiger partial charge >= 0.3 is 0 Å². The number of aliphatic imine (C=N–C) groups is 1. The van der Waals surface area contributed by atoms with Crippen LogP contribution < -0.4 is 10.6 Å². The Morgan fingerprint density at radius 3 is 2.73 bits per heavy atom. The average molecular weight is 378 g/mol. The van der Waals surface area contributed by atoms with Gasteiger partial charge in [0.05, 0.1) is 13.1 Å². The smallest absolute Gasteiger partial charge is 0.234 e. The van der Waals surface area contributed by atoms with Crippen molar-refractivity contribution in [2.45, 2.75) is 38.6 Å². The van der Waals surface area contributed by atoms with E-state index in [1.54, 1.807) is 11.3 Å². The molecule has 1 atom stereocenters. The molecule has 7 heteroatoms. The number of guanidine groups is 1. The Morgan fingerprint density at radius 1 is 1.35 bits per heavy atom. The number of hydrogen-bond acceptors (Lipinski definition) is 4. The Morgan fingerprint density at radius 2 is 2.12 bits per heavy atom. The molecule has 1 aliphatic heterocycles. The fourth-order valence-electron chi connectivity index (χ4n) is 3.13. The molecule has 0 aromatic carbocycles. The van der Waals surface area contributed by atoms with Crippen LogP contribution in [0.4, 0.5) is 0 Å². The van der Waals surface area contributed by atoms with E-state index in [-0.39, 0.29) is 5.91 Å². The lowest BCUT2D eigenvalue weighted by Crippen LogP contribution is -2.54. The summed E-state index contributed by atoms with van der Waals surface area (Å²) in [5.41, 5.74) is 0. The predicted molar refractivity (Wildman–Crippen MR) is 108 cm³/mol. The van der Waals surface area contributed by atoms with E-state index in [0.717, 1.165) is 58.1 Å². The molecule has 2 heterocycles. The van der Waals surface area contributed by atoms with Gasteiger partial charge in [-0.1, -0.05) is 13.0 Å². The lowest BCUT2D eigenvalue weighted by atomic mass is 10.1. The van der Waals surface area contributed by atoms with Crippen LogP contribution >= 0.6 is 11.3 Å². The number of piperazine rings is 1. The number of nitrogens with one attached hydrogen (secondary N) is 2. The highest BCUT2D eigenvalue weighted by atomic mass is 32.1. The summed E-state index contributed by atoms with van der Waals surface area (Å²) >= 11 is 1.80. The molecule has 2 fully saturated rings. The molecule has 1 unspecified atom stereocenters. The highest BCUT2D eigenvalue weighted by Gasteiger charge is 2.26. The van der Waals surface area contributed by atoms with Gasteiger partial charge in [-0.15, -0.1) is 11.3 Å². The third-order valence-electron chi connectivity index (χ3n) is 4.86. The summed E-state index contributed by atoms with van der Waals surface area (Å²) in [6, 6.07) is 4.73. The maximum atomic E-state index is 12.0. The van der Waals surface area contributed by atoms with Crippen molar-refractivity contribution in [2.75, 3.05) is 45.8 Å². The normalized spacial score (nSPS) is 20.1. The Kier molecular flexibility index (Phi) is 6.91. The third kappa shape index (κ3) is 5.71. The SMILES string of the molecule is CCNC(=NCC(C)c1cccs1)N1CCN(CC(=O)NC2CC2)CC1. The fraction of sp³-hybridized carbons (Fsp3) is 0.684. The molecule has 1 amide bonds. The molecule has 1 saturated carbocycles. The quantitative estimate of drug-likeness (QED) is 0.561. The Hall–Kier alpha value is -1.60. The van der Waals surface area contributed by atoms with Crippen LogP contribution in [0.1, 0.15) is 37.5 Å². The Bertz CT molecular complexity index is 591. The lowest BCUT2D eigenvalue weighted by molar-refractivity contribution is -0.122. The van der Waals surface area contributed by atoms with Gasteiger partial charge in [0.2, 0.25) is 5.91 Å². The van der Waals surface area contributed by atoms with Crippen LogP contribution in [0.25, 0.3) is 0 Å². The second-order valence-corrected chi connectivity index (χ2v) is 8.20. The van der Waals surface area contributed by atoms with Gasteiger partial charge in [-0.05, 0) is 31.2 Å². The van der Waals surface area contributed by atoms with Gasteiger partial charge in [0, 0.05) is 49.6 Å². The van der Waals surface area contributed by atoms with Gasteiger partial charge in [0.25, 0.3) is 0 Å². The monoisotopic (exact) mass is 377 g/mol. The summed E-state index contributed by atoms with van der Waals surface area (Å²) in [6.07, 6.45) is 2.29. The van der Waals surface area contributed by atoms with E-state index in [0.29, 0.717) is 18.5 Å². The molecule has 26 heavy (non-hydrogen) atoms. The maximum Gasteiger partial charge on any atom is 0.234 e. The van der Waals surface area contributed by atoms with Crippen LogP contribution in [0.2, 0.25) is 0 Å². The van der Waals surface area contributed by atoms with Gasteiger partial charge in [-0.3, -0.25) is 14.7 Å². The first kappa shape index (κ1) is 19.2. The number of hydrogen-bond donors (Lipinski definition) is 2. The molecule has 1 aliphatic carbocycles. The zero-order valence-electron chi connectivity index (χ0n) is 15.9. The summed E-state index contributed by atoms with van der Waals surface area (Å²) < 4.78 is 0. The summed E-state index contributed by atoms with van der Waals surface area (Å²) in [5.74, 6) is 1.61. The number of carbonyl (C=O) groups excluding carboxylic acids is 1. The number of amides is 1. The van der Waals surface area contributed by atoms with Gasteiger partial charge in [0.15, 0.2) is 5.96 Å². The van der Waals surface area contributed by atoms with Crippen molar-refractivity contribution in [1.29, 1.82) is 0 Å². The van der Waals surface area contributed by atoms with Crippen LogP contribution in [0.5, 0.6) is 0 Å². The largest absolute Gasteiger partial charge is 0.357 e. The molecule has 0 bridgehead atoms. The van der Waals surface area contributed by atoms with Gasteiger partial charge in [-0.25, -0.2) is 0 Å². The lowest BCUT2D eigenvalue weighted by Gasteiger charge is -2.36. The highest BCUT2D eigenvalue weighted by molar-refractivity contribution is 7.10. The number of thiophene rings is 1. The van der Waals surface area contributed by atoms with E-state index in [4.69, 9.17) is 4.99 Å². The van der Waals surface area contributed by atoms with E-state index in [1.165, 1.54) is 4.88 Å². The van der Waals surface area contributed by atoms with Crippen molar-refractivity contribution in [2.24, 2.45) is 4.99 Å². The summed E-state index contributed by atoms with van der Waals surface area (Å²) in [4.78, 5) is 22.8. The van der Waals surface area contributed by atoms with E-state index >= 15 is 0 Å². The van der Waals surface area contributed by atoms with Crippen LogP contribution in [0.15, 0.2) is 22.5 Å². The Balaban J connectivity index is 1.47. The second kappa shape index (κ2) is 9.37. The van der Waals surface area contributed by atoms with Crippen LogP contribution in [0, 0.1) is 0 Å². The molecule has 1 aromatic rings. The molecule has 0 spiro atoms. The molecule has 0 radical (unpaired) electrons. The van der Waals surface area contributed by atoms with Gasteiger partial charge < -0.3 is 15.5 Å². The first-order chi connectivity index (χ1) is 12.7. The van der Waals surface area contributed by atoms with Gasteiger partial charge in [-0.2, -0.15) is 0 Å². The summed E-state index contributed by atoms with van der Waals surface area (Å²) in [6.45, 7) is 10.2. The maximum absolute atomic E-state index is 12.0. The molecule has 1 saturated heterocycles. The van der Waals surface area contributed by atoms with Crippen LogP contribution in [-0.4, -0.2) is 73.5 Å². The number of nitrogens with zero attached hydrogens (tertiary/aromatic N) is 3. The van der Waals surface area contributed by atoms with Crippen molar-refractivity contribution in [3.05, 3.63) is 22.4 Å². The number of carbonyl (C=O) groups is 1. The van der Waals surface area contributed by atoms with Crippen LogP contribution in [-0.2, 0) is 4.79 Å². The summed E-state index contributed by atoms with van der Waals surface area (Å²) in [5, 5.41) is 8.62. The second-order valence-electron chi connectivity index (χ2n) is 7.22. The molecular weight excluding hydrogens is 346 g/mol. The first-order valence-electron chi connectivity index (χ1n) is 9.74. The average Bonchev–Trinajstić information content (AvgIpc) is 3.27. The molecular formula is C19H31N5OS. The molecule has 2 N–H and O–H groups in total. The standard InChI is InChI=1S/C19H31N5OS/c1-3-20-19(21-13-15(2)17-5-4-12-26-17)24-10-8-23(9-11-24)14-18(25)22-16-6-7-16/h4-5,12,15-16H,3,6-11,13-14H2,1-2H3,(H,20,21)(H,22,25). The van der Waals surface area contributed by atoms with Crippen molar-refractivity contribution >= 4 is 23.2 Å².